The molecule has 1 aromatic carbocycles. The van der Waals surface area contributed by atoms with Gasteiger partial charge in [-0.25, -0.2) is 0 Å². The summed E-state index contributed by atoms with van der Waals surface area (Å²) in [4.78, 5) is 14.4. The van der Waals surface area contributed by atoms with E-state index in [2.05, 4.69) is 0 Å². The molecule has 22 heavy (non-hydrogen) atoms. The Bertz CT molecular complexity index is 793. The predicted octanol–water partition coefficient (Wildman–Crippen LogP) is -0.921. The van der Waals surface area contributed by atoms with Crippen molar-refractivity contribution in [1.29, 1.82) is 0 Å². The summed E-state index contributed by atoms with van der Waals surface area (Å²) in [5.41, 5.74) is 1.89. The highest BCUT2D eigenvalue weighted by Gasteiger charge is 2.22. The molecule has 116 valence electrons. The number of fused-ring (bicyclic) bond motifs is 1. The van der Waals surface area contributed by atoms with Crippen LogP contribution in [0.5, 0.6) is 5.75 Å². The van der Waals surface area contributed by atoms with Crippen LogP contribution >= 0.6 is 11.3 Å². The first-order chi connectivity index (χ1) is 10.1. The van der Waals surface area contributed by atoms with Gasteiger partial charge in [0.2, 0.25) is 5.78 Å². The van der Waals surface area contributed by atoms with Crippen LogP contribution in [-0.2, 0) is 6.54 Å². The van der Waals surface area contributed by atoms with E-state index in [0.29, 0.717) is 22.6 Å². The lowest BCUT2D eigenvalue weighted by molar-refractivity contribution is -0.872. The molecule has 2 aromatic heterocycles. The van der Waals surface area contributed by atoms with Crippen molar-refractivity contribution >= 4 is 28.1 Å². The minimum absolute atomic E-state index is 0. The average molecular weight is 338 g/mol. The highest BCUT2D eigenvalue weighted by atomic mass is 35.5. The second kappa shape index (κ2) is 6.52. The number of carbonyl (C=O) groups excluding carboxylic acids is 1. The molecule has 0 saturated heterocycles. The number of halogens is 1. The van der Waals surface area contributed by atoms with Crippen LogP contribution < -0.4 is 17.3 Å². The number of furan rings is 1. The summed E-state index contributed by atoms with van der Waals surface area (Å²) in [6.45, 7) is 0.618. The van der Waals surface area contributed by atoms with E-state index in [1.165, 1.54) is 17.6 Å². The molecule has 0 radical (unpaired) electrons. The standard InChI is InChI=1S/C16H15NO3S.ClH/c1-17(2)8-10-12(18)5-6-13-15(10)11(9-20-13)16(19)14-4-3-7-21-14;/h3-7,9,18H,8H2,1-2H3;1H. The maximum Gasteiger partial charge on any atom is 0.206 e. The Kier molecular flexibility index (Phi) is 4.90. The minimum Gasteiger partial charge on any atom is -1.00 e. The Balaban J connectivity index is 0.00000176. The van der Waals surface area contributed by atoms with Gasteiger partial charge < -0.3 is 26.8 Å². The van der Waals surface area contributed by atoms with Crippen molar-refractivity contribution in [2.45, 2.75) is 6.54 Å². The summed E-state index contributed by atoms with van der Waals surface area (Å²) in [6, 6.07) is 6.96. The minimum atomic E-state index is -0.0654. The SMILES string of the molecule is C[NH+](C)Cc1c(O)ccc2occ(C(=O)c3cccs3)c12.[Cl-]. The zero-order valence-corrected chi connectivity index (χ0v) is 13.8. The van der Waals surface area contributed by atoms with E-state index in [9.17, 15) is 9.90 Å². The number of thiophene rings is 1. The molecule has 0 amide bonds. The van der Waals surface area contributed by atoms with Crippen LogP contribution in [-0.4, -0.2) is 25.0 Å². The number of carbonyl (C=O) groups is 1. The summed E-state index contributed by atoms with van der Waals surface area (Å²) in [6.07, 6.45) is 1.49. The number of nitrogens with one attached hydrogen (secondary N) is 1. The van der Waals surface area contributed by atoms with Crippen LogP contribution in [0.2, 0.25) is 0 Å². The van der Waals surface area contributed by atoms with Crippen molar-refractivity contribution in [3.8, 4) is 5.75 Å². The van der Waals surface area contributed by atoms with E-state index < -0.39 is 0 Å². The van der Waals surface area contributed by atoms with E-state index >= 15 is 0 Å². The molecule has 0 aliphatic rings. The maximum absolute atomic E-state index is 12.6. The van der Waals surface area contributed by atoms with Gasteiger partial charge in [0.1, 0.15) is 24.1 Å². The number of phenolic OH excluding ortho intramolecular Hbond substituents is 1. The lowest BCUT2D eigenvalue weighted by atomic mass is 10.0. The summed E-state index contributed by atoms with van der Waals surface area (Å²) in [5, 5.41) is 12.7. The van der Waals surface area contributed by atoms with Gasteiger partial charge in [-0.05, 0) is 23.6 Å². The first-order valence-corrected chi connectivity index (χ1v) is 7.55. The third-order valence-corrected chi connectivity index (χ3v) is 4.21. The van der Waals surface area contributed by atoms with Crippen molar-refractivity contribution in [3.05, 3.63) is 51.9 Å². The molecule has 0 saturated carbocycles. The number of hydrogen-bond acceptors (Lipinski definition) is 4. The Labute approximate surface area is 138 Å². The fourth-order valence-corrected chi connectivity index (χ4v) is 3.11. The highest BCUT2D eigenvalue weighted by Crippen LogP contribution is 2.32. The molecule has 0 unspecified atom stereocenters. The third-order valence-electron chi connectivity index (χ3n) is 3.34. The topological polar surface area (TPSA) is 54.9 Å². The molecule has 0 spiro atoms. The van der Waals surface area contributed by atoms with Crippen molar-refractivity contribution in [2.75, 3.05) is 14.1 Å². The van der Waals surface area contributed by atoms with Gasteiger partial charge in [0.15, 0.2) is 0 Å². The Morgan fingerprint density at radius 2 is 2.09 bits per heavy atom. The highest BCUT2D eigenvalue weighted by molar-refractivity contribution is 7.12. The molecule has 2 N–H and O–H groups in total. The molecule has 0 aliphatic carbocycles. The molecule has 0 atom stereocenters. The molecule has 3 rings (SSSR count). The Hall–Kier alpha value is -1.82. The van der Waals surface area contributed by atoms with Crippen LogP contribution in [0, 0.1) is 0 Å². The average Bonchev–Trinajstić information content (AvgIpc) is 3.09. The van der Waals surface area contributed by atoms with Crippen molar-refractivity contribution < 1.29 is 31.6 Å². The first kappa shape index (κ1) is 16.5. The van der Waals surface area contributed by atoms with Crippen LogP contribution in [0.25, 0.3) is 11.0 Å². The van der Waals surface area contributed by atoms with E-state index in [-0.39, 0.29) is 23.9 Å². The maximum atomic E-state index is 12.6. The van der Waals surface area contributed by atoms with Gasteiger partial charge in [-0.1, -0.05) is 6.07 Å². The van der Waals surface area contributed by atoms with Gasteiger partial charge >= 0.3 is 0 Å². The van der Waals surface area contributed by atoms with Crippen molar-refractivity contribution in [2.24, 2.45) is 0 Å². The monoisotopic (exact) mass is 337 g/mol. The van der Waals surface area contributed by atoms with E-state index in [0.717, 1.165) is 15.8 Å². The zero-order valence-electron chi connectivity index (χ0n) is 12.2. The summed E-state index contributed by atoms with van der Waals surface area (Å²) >= 11 is 1.40. The number of quaternary nitrogens is 1. The van der Waals surface area contributed by atoms with Gasteiger partial charge in [0.05, 0.1) is 30.1 Å². The zero-order chi connectivity index (χ0) is 15.0. The smallest absolute Gasteiger partial charge is 0.206 e. The van der Waals surface area contributed by atoms with Gasteiger partial charge in [-0.15, -0.1) is 11.3 Å². The number of rotatable bonds is 4. The van der Waals surface area contributed by atoms with Crippen LogP contribution in [0.4, 0.5) is 0 Å². The molecule has 0 fully saturated rings. The number of phenols is 1. The lowest BCUT2D eigenvalue weighted by Crippen LogP contribution is -3.04. The fourth-order valence-electron chi connectivity index (χ4n) is 2.43. The van der Waals surface area contributed by atoms with Gasteiger partial charge in [0, 0.05) is 5.39 Å². The van der Waals surface area contributed by atoms with Gasteiger partial charge in [0.25, 0.3) is 0 Å². The molecule has 0 aliphatic heterocycles. The fraction of sp³-hybridized carbons (Fsp3) is 0.188. The quantitative estimate of drug-likeness (QED) is 0.605. The summed E-state index contributed by atoms with van der Waals surface area (Å²) < 4.78 is 5.51. The Morgan fingerprint density at radius 3 is 2.73 bits per heavy atom. The molecule has 4 nitrogen and oxygen atoms in total. The second-order valence-corrected chi connectivity index (χ2v) is 6.22. The molecule has 6 heteroatoms. The molecule has 2 heterocycles. The van der Waals surface area contributed by atoms with Gasteiger partial charge in [-0.3, -0.25) is 4.79 Å². The van der Waals surface area contributed by atoms with Gasteiger partial charge in [-0.2, -0.15) is 0 Å². The molecule has 0 bridgehead atoms. The lowest BCUT2D eigenvalue weighted by Gasteiger charge is -2.10. The van der Waals surface area contributed by atoms with E-state index in [1.54, 1.807) is 18.2 Å². The normalized spacial score (nSPS) is 10.9. The number of ketones is 1. The molecular formula is C16H16ClNO3S. The van der Waals surface area contributed by atoms with Crippen LogP contribution in [0.3, 0.4) is 0 Å². The van der Waals surface area contributed by atoms with Crippen molar-refractivity contribution in [1.82, 2.24) is 0 Å². The summed E-state index contributed by atoms with van der Waals surface area (Å²) in [7, 11) is 4.00. The number of hydrogen-bond donors (Lipinski definition) is 2. The third kappa shape index (κ3) is 2.88. The number of aromatic hydroxyl groups is 1. The first-order valence-electron chi connectivity index (χ1n) is 6.67. The van der Waals surface area contributed by atoms with Crippen molar-refractivity contribution in [3.63, 3.8) is 0 Å². The van der Waals surface area contributed by atoms with E-state index in [4.69, 9.17) is 4.42 Å². The number of benzene rings is 1. The molecular weight excluding hydrogens is 322 g/mol. The molecule has 3 aromatic rings. The van der Waals surface area contributed by atoms with Crippen LogP contribution in [0.15, 0.2) is 40.3 Å². The van der Waals surface area contributed by atoms with E-state index in [1.807, 2.05) is 25.5 Å². The van der Waals surface area contributed by atoms with Crippen LogP contribution in [0.1, 0.15) is 20.8 Å². The largest absolute Gasteiger partial charge is 1.00 e. The Morgan fingerprint density at radius 1 is 1.32 bits per heavy atom. The summed E-state index contributed by atoms with van der Waals surface area (Å²) in [5.74, 6) is 0.134. The second-order valence-electron chi connectivity index (χ2n) is 5.28. The predicted molar refractivity (Wildman–Crippen MR) is 82.1 cm³/mol.